The molecule has 5 nitrogen and oxygen atoms in total. The second-order valence-electron chi connectivity index (χ2n) is 9.20. The van der Waals surface area contributed by atoms with Gasteiger partial charge in [0.25, 0.3) is 5.91 Å². The Bertz CT molecular complexity index is 1010. The Morgan fingerprint density at radius 2 is 2.00 bits per heavy atom. The van der Waals surface area contributed by atoms with Crippen molar-refractivity contribution in [3.63, 3.8) is 0 Å². The van der Waals surface area contributed by atoms with E-state index in [-0.39, 0.29) is 18.3 Å². The lowest BCUT2D eigenvalue weighted by Crippen LogP contribution is -2.39. The summed E-state index contributed by atoms with van der Waals surface area (Å²) in [5.41, 5.74) is 0.805. The summed E-state index contributed by atoms with van der Waals surface area (Å²) in [7, 11) is 0. The summed E-state index contributed by atoms with van der Waals surface area (Å²) < 4.78 is 42.1. The van der Waals surface area contributed by atoms with Crippen molar-refractivity contribution >= 4 is 17.4 Å². The zero-order valence-corrected chi connectivity index (χ0v) is 17.0. The molecule has 1 aromatic heterocycles. The highest BCUT2D eigenvalue weighted by Crippen LogP contribution is 2.54. The first-order chi connectivity index (χ1) is 14.0. The Labute approximate surface area is 172 Å². The molecule has 160 valence electrons. The van der Waals surface area contributed by atoms with Crippen LogP contribution in [-0.2, 0) is 11.3 Å². The van der Waals surface area contributed by atoms with Gasteiger partial charge in [0.05, 0.1) is 11.4 Å². The second-order valence-corrected chi connectivity index (χ2v) is 9.20. The molecule has 1 aliphatic heterocycles. The fourth-order valence-electron chi connectivity index (χ4n) is 3.86. The monoisotopic (exact) mass is 419 g/mol. The van der Waals surface area contributed by atoms with Crippen molar-refractivity contribution in [2.75, 3.05) is 16.8 Å². The van der Waals surface area contributed by atoms with Gasteiger partial charge in [-0.05, 0) is 23.8 Å². The Morgan fingerprint density at radius 3 is 2.67 bits per heavy atom. The second kappa shape index (κ2) is 7.27. The van der Waals surface area contributed by atoms with Crippen molar-refractivity contribution in [3.8, 4) is 0 Å². The minimum absolute atomic E-state index is 0.165. The molecule has 2 N–H and O–H groups in total. The Kier molecular flexibility index (Phi) is 5.00. The molecule has 1 aliphatic carbocycles. The van der Waals surface area contributed by atoms with Crippen LogP contribution in [0, 0.1) is 28.8 Å². The van der Waals surface area contributed by atoms with Crippen molar-refractivity contribution in [3.05, 3.63) is 53.0 Å². The van der Waals surface area contributed by atoms with Crippen molar-refractivity contribution in [1.29, 1.82) is 0 Å². The molecule has 2 aliphatic rings. The number of rotatable bonds is 4. The number of benzene rings is 1. The zero-order valence-electron chi connectivity index (χ0n) is 17.0. The summed E-state index contributed by atoms with van der Waals surface area (Å²) >= 11 is 0. The van der Waals surface area contributed by atoms with Gasteiger partial charge in [0.2, 0.25) is 0 Å². The van der Waals surface area contributed by atoms with Crippen LogP contribution in [-0.4, -0.2) is 28.6 Å². The first kappa shape index (κ1) is 20.7. The third-order valence-electron chi connectivity index (χ3n) is 5.74. The van der Waals surface area contributed by atoms with E-state index in [9.17, 15) is 23.1 Å². The molecule has 0 radical (unpaired) electrons. The number of hydrogen-bond donors (Lipinski definition) is 2. The number of nitrogens with zero attached hydrogens (tertiary/aromatic N) is 2. The van der Waals surface area contributed by atoms with Crippen LogP contribution in [0.15, 0.2) is 24.3 Å². The highest BCUT2D eigenvalue weighted by Gasteiger charge is 2.47. The first-order valence-corrected chi connectivity index (χ1v) is 9.93. The summed E-state index contributed by atoms with van der Waals surface area (Å²) in [4.78, 5) is 18.5. The van der Waals surface area contributed by atoms with E-state index in [4.69, 9.17) is 0 Å². The molecule has 0 spiro atoms. The van der Waals surface area contributed by atoms with Crippen molar-refractivity contribution in [2.45, 2.75) is 45.8 Å². The van der Waals surface area contributed by atoms with Crippen LogP contribution >= 0.6 is 0 Å². The lowest BCUT2D eigenvalue weighted by Gasteiger charge is -2.31. The van der Waals surface area contributed by atoms with Gasteiger partial charge in [0, 0.05) is 36.7 Å². The van der Waals surface area contributed by atoms with E-state index < -0.39 is 34.9 Å². The van der Waals surface area contributed by atoms with Crippen LogP contribution in [0.1, 0.15) is 44.4 Å². The van der Waals surface area contributed by atoms with E-state index >= 15 is 0 Å². The molecule has 1 fully saturated rings. The molecule has 0 unspecified atom stereocenters. The summed E-state index contributed by atoms with van der Waals surface area (Å²) in [6, 6.07) is 4.70. The van der Waals surface area contributed by atoms with Crippen molar-refractivity contribution in [1.82, 2.24) is 4.98 Å². The van der Waals surface area contributed by atoms with Gasteiger partial charge in [-0.3, -0.25) is 4.79 Å². The summed E-state index contributed by atoms with van der Waals surface area (Å²) in [6.45, 7) is 5.90. The molecule has 0 bridgehead atoms. The number of pyridine rings is 1. The van der Waals surface area contributed by atoms with Gasteiger partial charge in [0.15, 0.2) is 11.6 Å². The number of halogens is 3. The molecular weight excluding hydrogens is 395 g/mol. The lowest BCUT2D eigenvalue weighted by atomic mass is 9.88. The largest absolute Gasteiger partial charge is 0.383 e. The third-order valence-corrected chi connectivity index (χ3v) is 5.74. The average molecular weight is 419 g/mol. The van der Waals surface area contributed by atoms with Crippen LogP contribution in [0.2, 0.25) is 0 Å². The number of carbonyl (C=O) groups is 1. The van der Waals surface area contributed by atoms with Crippen LogP contribution in [0.5, 0.6) is 0 Å². The fourth-order valence-corrected chi connectivity index (χ4v) is 3.86. The SMILES string of the molecule is CC(C)(C)[C@@H](O)C(=O)Nc1nc2c(cc1F)N(Cc1ccc(F)cc1F)C[C@H]1C[C@@H]21. The summed E-state index contributed by atoms with van der Waals surface area (Å²) in [6.07, 6.45) is -0.437. The van der Waals surface area contributed by atoms with Gasteiger partial charge in [0.1, 0.15) is 17.7 Å². The lowest BCUT2D eigenvalue weighted by molar-refractivity contribution is -0.129. The minimum atomic E-state index is -1.32. The highest BCUT2D eigenvalue weighted by atomic mass is 19.1. The van der Waals surface area contributed by atoms with Gasteiger partial charge in [-0.15, -0.1) is 0 Å². The van der Waals surface area contributed by atoms with Crippen LogP contribution in [0.4, 0.5) is 24.7 Å². The van der Waals surface area contributed by atoms with Gasteiger partial charge in [-0.1, -0.05) is 26.8 Å². The number of amides is 1. The topological polar surface area (TPSA) is 65.5 Å². The smallest absolute Gasteiger partial charge is 0.254 e. The molecule has 8 heteroatoms. The van der Waals surface area contributed by atoms with E-state index in [1.165, 1.54) is 18.2 Å². The molecule has 3 atom stereocenters. The number of anilines is 2. The molecule has 30 heavy (non-hydrogen) atoms. The standard InChI is InChI=1S/C22H24F3N3O2/c1-22(2,3)19(29)21(30)27-20-16(25)8-17-18(26-20)14-6-12(14)10-28(17)9-11-4-5-13(23)7-15(11)24/h4-5,7-8,12,14,19,29H,6,9-10H2,1-3H3,(H,26,27,30)/t12-,14-,19+/m1/s1. The molecule has 1 amide bonds. The number of nitrogens with one attached hydrogen (secondary N) is 1. The predicted octanol–water partition coefficient (Wildman–Crippen LogP) is 3.97. The first-order valence-electron chi connectivity index (χ1n) is 9.93. The van der Waals surface area contributed by atoms with E-state index in [0.717, 1.165) is 12.5 Å². The van der Waals surface area contributed by atoms with Crippen LogP contribution in [0.25, 0.3) is 0 Å². The van der Waals surface area contributed by atoms with Crippen LogP contribution in [0.3, 0.4) is 0 Å². The predicted molar refractivity (Wildman–Crippen MR) is 107 cm³/mol. The maximum atomic E-state index is 14.8. The maximum Gasteiger partial charge on any atom is 0.254 e. The van der Waals surface area contributed by atoms with Gasteiger partial charge >= 0.3 is 0 Å². The quantitative estimate of drug-likeness (QED) is 0.787. The number of aliphatic hydroxyl groups excluding tert-OH is 1. The summed E-state index contributed by atoms with van der Waals surface area (Å²) in [5.74, 6) is -2.48. The Morgan fingerprint density at radius 1 is 1.27 bits per heavy atom. The Hall–Kier alpha value is -2.61. The maximum absolute atomic E-state index is 14.8. The number of hydrogen-bond acceptors (Lipinski definition) is 4. The summed E-state index contributed by atoms with van der Waals surface area (Å²) in [5, 5.41) is 12.5. The van der Waals surface area contributed by atoms with E-state index in [2.05, 4.69) is 10.3 Å². The molecule has 1 saturated carbocycles. The van der Waals surface area contributed by atoms with E-state index in [1.807, 2.05) is 4.90 Å². The Balaban J connectivity index is 1.61. The fraction of sp³-hybridized carbons (Fsp3) is 0.455. The molecule has 0 saturated heterocycles. The van der Waals surface area contributed by atoms with Gasteiger partial charge < -0.3 is 15.3 Å². The van der Waals surface area contributed by atoms with Crippen LogP contribution < -0.4 is 10.2 Å². The third kappa shape index (κ3) is 3.88. The molecule has 4 rings (SSSR count). The normalized spacial score (nSPS) is 21.0. The number of aromatic nitrogens is 1. The van der Waals surface area contributed by atoms with Crippen molar-refractivity contribution < 1.29 is 23.1 Å². The highest BCUT2D eigenvalue weighted by molar-refractivity contribution is 5.94. The zero-order chi connectivity index (χ0) is 21.8. The van der Waals surface area contributed by atoms with E-state index in [1.54, 1.807) is 20.8 Å². The van der Waals surface area contributed by atoms with E-state index in [0.29, 0.717) is 29.4 Å². The van der Waals surface area contributed by atoms with Gasteiger partial charge in [-0.25, -0.2) is 18.2 Å². The van der Waals surface area contributed by atoms with Crippen molar-refractivity contribution in [2.24, 2.45) is 11.3 Å². The molecule has 1 aromatic carbocycles. The molecule has 2 heterocycles. The minimum Gasteiger partial charge on any atom is -0.383 e. The molecular formula is C22H24F3N3O2. The molecule has 2 aromatic rings. The number of carbonyl (C=O) groups excluding carboxylic acids is 1. The van der Waals surface area contributed by atoms with Gasteiger partial charge in [-0.2, -0.15) is 0 Å². The number of fused-ring (bicyclic) bond motifs is 3. The number of aliphatic hydroxyl groups is 1. The average Bonchev–Trinajstić information content (AvgIpc) is 3.43.